The van der Waals surface area contributed by atoms with Crippen LogP contribution in [-0.2, 0) is 4.79 Å². The third kappa shape index (κ3) is 3.84. The Morgan fingerprint density at radius 1 is 1.50 bits per heavy atom. The van der Waals surface area contributed by atoms with Crippen molar-refractivity contribution in [2.45, 2.75) is 6.04 Å². The van der Waals surface area contributed by atoms with Crippen molar-refractivity contribution in [1.29, 1.82) is 5.26 Å². The van der Waals surface area contributed by atoms with E-state index >= 15 is 0 Å². The van der Waals surface area contributed by atoms with Gasteiger partial charge in [0.15, 0.2) is 0 Å². The van der Waals surface area contributed by atoms with Crippen LogP contribution < -0.4 is 11.1 Å². The van der Waals surface area contributed by atoms with Gasteiger partial charge in [0, 0.05) is 13.1 Å². The first kappa shape index (κ1) is 14.2. The number of nitrogens with one attached hydrogen (secondary N) is 1. The minimum atomic E-state index is -0.624. The van der Waals surface area contributed by atoms with Crippen molar-refractivity contribution >= 4 is 5.91 Å². The van der Waals surface area contributed by atoms with Crippen molar-refractivity contribution in [3.63, 3.8) is 0 Å². The molecule has 1 aromatic rings. The van der Waals surface area contributed by atoms with Crippen molar-refractivity contribution < 1.29 is 4.79 Å². The average Bonchev–Trinajstić information content (AvgIpc) is 2.34. The lowest BCUT2D eigenvalue weighted by Crippen LogP contribution is -2.37. The zero-order valence-corrected chi connectivity index (χ0v) is 10.7. The number of hydrogen-bond acceptors (Lipinski definition) is 4. The molecule has 0 bridgehead atoms. The number of nitrogens with zero attached hydrogens (tertiary/aromatic N) is 2. The molecule has 0 aliphatic carbocycles. The second kappa shape index (κ2) is 6.74. The van der Waals surface area contributed by atoms with E-state index in [0.29, 0.717) is 17.7 Å². The highest BCUT2D eigenvalue weighted by Gasteiger charge is 2.19. The molecule has 0 aromatic heterocycles. The number of rotatable bonds is 6. The second-order valence-electron chi connectivity index (χ2n) is 4.29. The normalized spacial score (nSPS) is 12.1. The van der Waals surface area contributed by atoms with E-state index in [2.05, 4.69) is 11.4 Å². The van der Waals surface area contributed by atoms with Gasteiger partial charge in [-0.05, 0) is 25.7 Å². The summed E-state index contributed by atoms with van der Waals surface area (Å²) in [6.07, 6.45) is 0. The fourth-order valence-corrected chi connectivity index (χ4v) is 1.65. The van der Waals surface area contributed by atoms with E-state index < -0.39 is 11.9 Å². The lowest BCUT2D eigenvalue weighted by molar-refractivity contribution is -0.120. The largest absolute Gasteiger partial charge is 0.368 e. The lowest BCUT2D eigenvalue weighted by Gasteiger charge is -2.18. The van der Waals surface area contributed by atoms with Crippen molar-refractivity contribution in [2.24, 2.45) is 5.73 Å². The summed E-state index contributed by atoms with van der Waals surface area (Å²) in [6.45, 7) is 1.42. The molecule has 5 nitrogen and oxygen atoms in total. The van der Waals surface area contributed by atoms with E-state index in [1.807, 2.05) is 19.0 Å². The Hall–Kier alpha value is -1.90. The molecule has 1 amide bonds. The number of nitrogens with two attached hydrogens (primary N) is 1. The van der Waals surface area contributed by atoms with Gasteiger partial charge in [0.05, 0.1) is 11.6 Å². The molecule has 0 saturated heterocycles. The Kier molecular flexibility index (Phi) is 5.31. The molecular weight excluding hydrogens is 228 g/mol. The molecule has 1 rings (SSSR count). The minimum Gasteiger partial charge on any atom is -0.368 e. The van der Waals surface area contributed by atoms with Gasteiger partial charge in [0.2, 0.25) is 5.91 Å². The van der Waals surface area contributed by atoms with Crippen LogP contribution in [0.3, 0.4) is 0 Å². The van der Waals surface area contributed by atoms with Crippen LogP contribution in [0.4, 0.5) is 0 Å². The van der Waals surface area contributed by atoms with Crippen LogP contribution in [0, 0.1) is 11.3 Å². The third-order valence-corrected chi connectivity index (χ3v) is 2.58. The SMILES string of the molecule is CN(C)CCNC(C(N)=O)c1ccccc1C#N. The van der Waals surface area contributed by atoms with E-state index in [9.17, 15) is 4.79 Å². The van der Waals surface area contributed by atoms with Crippen molar-refractivity contribution in [2.75, 3.05) is 27.2 Å². The number of amides is 1. The molecular formula is C13H18N4O. The van der Waals surface area contributed by atoms with Gasteiger partial charge in [-0.3, -0.25) is 4.79 Å². The first-order valence-corrected chi connectivity index (χ1v) is 5.72. The monoisotopic (exact) mass is 246 g/mol. The Bertz CT molecular complexity index is 451. The van der Waals surface area contributed by atoms with E-state index in [4.69, 9.17) is 11.0 Å². The van der Waals surface area contributed by atoms with E-state index in [0.717, 1.165) is 6.54 Å². The topological polar surface area (TPSA) is 82.2 Å². The van der Waals surface area contributed by atoms with Crippen LogP contribution in [0.2, 0.25) is 0 Å². The fraction of sp³-hybridized carbons (Fsp3) is 0.385. The molecule has 3 N–H and O–H groups in total. The number of primary amides is 1. The van der Waals surface area contributed by atoms with E-state index in [1.165, 1.54) is 0 Å². The second-order valence-corrected chi connectivity index (χ2v) is 4.29. The zero-order chi connectivity index (χ0) is 13.5. The molecule has 0 aliphatic heterocycles. The number of nitriles is 1. The Morgan fingerprint density at radius 2 is 2.17 bits per heavy atom. The average molecular weight is 246 g/mol. The Balaban J connectivity index is 2.85. The number of likely N-dealkylation sites (N-methyl/N-ethyl adjacent to an activating group) is 1. The van der Waals surface area contributed by atoms with Crippen LogP contribution in [0.25, 0.3) is 0 Å². The van der Waals surface area contributed by atoms with Gasteiger partial charge in [-0.25, -0.2) is 0 Å². The fourth-order valence-electron chi connectivity index (χ4n) is 1.65. The first-order valence-electron chi connectivity index (χ1n) is 5.72. The highest BCUT2D eigenvalue weighted by molar-refractivity contribution is 5.82. The molecule has 0 saturated carbocycles. The molecule has 0 spiro atoms. The van der Waals surface area contributed by atoms with Gasteiger partial charge >= 0.3 is 0 Å². The summed E-state index contributed by atoms with van der Waals surface area (Å²) in [7, 11) is 3.90. The van der Waals surface area contributed by atoms with Crippen LogP contribution >= 0.6 is 0 Å². The van der Waals surface area contributed by atoms with E-state index in [-0.39, 0.29) is 0 Å². The van der Waals surface area contributed by atoms with Gasteiger partial charge in [0.1, 0.15) is 6.04 Å². The molecule has 0 aliphatic rings. The highest BCUT2D eigenvalue weighted by Crippen LogP contribution is 2.16. The molecule has 5 heteroatoms. The summed E-state index contributed by atoms with van der Waals surface area (Å²) in [4.78, 5) is 13.5. The zero-order valence-electron chi connectivity index (χ0n) is 10.7. The number of benzene rings is 1. The molecule has 0 fully saturated rings. The molecule has 0 heterocycles. The summed E-state index contributed by atoms with van der Waals surface area (Å²) < 4.78 is 0. The summed E-state index contributed by atoms with van der Waals surface area (Å²) in [6, 6.07) is 8.43. The standard InChI is InChI=1S/C13H18N4O/c1-17(2)8-7-16-12(13(15)18)11-6-4-3-5-10(11)9-14/h3-6,12,16H,7-8H2,1-2H3,(H2,15,18). The number of hydrogen-bond donors (Lipinski definition) is 2. The number of carbonyl (C=O) groups is 1. The van der Waals surface area contributed by atoms with Crippen molar-refractivity contribution in [3.8, 4) is 6.07 Å². The summed E-state index contributed by atoms with van der Waals surface area (Å²) in [5, 5.41) is 12.1. The van der Waals surface area contributed by atoms with Crippen LogP contribution in [0.15, 0.2) is 24.3 Å². The van der Waals surface area contributed by atoms with Crippen molar-refractivity contribution in [3.05, 3.63) is 35.4 Å². The van der Waals surface area contributed by atoms with Gasteiger partial charge in [0.25, 0.3) is 0 Å². The summed E-state index contributed by atoms with van der Waals surface area (Å²) in [5.41, 5.74) is 6.49. The first-order chi connectivity index (χ1) is 8.56. The Morgan fingerprint density at radius 3 is 2.72 bits per heavy atom. The highest BCUT2D eigenvalue weighted by atomic mass is 16.1. The summed E-state index contributed by atoms with van der Waals surface area (Å²) >= 11 is 0. The minimum absolute atomic E-state index is 0.471. The molecule has 1 unspecified atom stereocenters. The van der Waals surface area contributed by atoms with Crippen LogP contribution in [0.5, 0.6) is 0 Å². The van der Waals surface area contributed by atoms with Gasteiger partial charge in [-0.2, -0.15) is 5.26 Å². The lowest BCUT2D eigenvalue weighted by atomic mass is 10.0. The maximum Gasteiger partial charge on any atom is 0.239 e. The Labute approximate surface area is 107 Å². The van der Waals surface area contributed by atoms with Gasteiger partial charge in [-0.1, -0.05) is 18.2 Å². The maximum atomic E-state index is 11.5. The van der Waals surface area contributed by atoms with Crippen molar-refractivity contribution in [1.82, 2.24) is 10.2 Å². The smallest absolute Gasteiger partial charge is 0.239 e. The maximum absolute atomic E-state index is 11.5. The predicted molar refractivity (Wildman–Crippen MR) is 69.6 cm³/mol. The van der Waals surface area contributed by atoms with E-state index in [1.54, 1.807) is 24.3 Å². The molecule has 0 radical (unpaired) electrons. The predicted octanol–water partition coefficient (Wildman–Crippen LogP) is 0.236. The quantitative estimate of drug-likeness (QED) is 0.753. The van der Waals surface area contributed by atoms with Gasteiger partial charge < -0.3 is 16.0 Å². The summed E-state index contributed by atoms with van der Waals surface area (Å²) in [5.74, 6) is -0.476. The molecule has 1 atom stereocenters. The molecule has 96 valence electrons. The van der Waals surface area contributed by atoms with Gasteiger partial charge in [-0.15, -0.1) is 0 Å². The molecule has 18 heavy (non-hydrogen) atoms. The van der Waals surface area contributed by atoms with Crippen LogP contribution in [0.1, 0.15) is 17.2 Å². The number of carbonyl (C=O) groups excluding carboxylic acids is 1. The van der Waals surface area contributed by atoms with Crippen LogP contribution in [-0.4, -0.2) is 38.0 Å². The third-order valence-electron chi connectivity index (χ3n) is 2.58. The molecule has 1 aromatic carbocycles.